The standard InChI is InChI=1S/C14H9ClFNO3/c15-10-5-6-11(13(8-10)17(19)20)14(18)7-9-3-1-2-4-12(9)16/h1-6,8H,7H2. The lowest BCUT2D eigenvalue weighted by Crippen LogP contribution is -2.08. The molecule has 4 nitrogen and oxygen atoms in total. The summed E-state index contributed by atoms with van der Waals surface area (Å²) in [5.41, 5.74) is -0.261. The minimum absolute atomic E-state index is 0.0809. The van der Waals surface area contributed by atoms with Crippen molar-refractivity contribution in [3.05, 3.63) is 74.5 Å². The van der Waals surface area contributed by atoms with Gasteiger partial charge in [0.25, 0.3) is 5.69 Å². The van der Waals surface area contributed by atoms with Crippen molar-refractivity contribution >= 4 is 23.1 Å². The van der Waals surface area contributed by atoms with E-state index in [0.717, 1.165) is 6.07 Å². The molecule has 0 fully saturated rings. The maximum atomic E-state index is 13.5. The van der Waals surface area contributed by atoms with E-state index in [0.29, 0.717) is 0 Å². The number of nitro groups is 1. The van der Waals surface area contributed by atoms with Crippen LogP contribution in [0.15, 0.2) is 42.5 Å². The summed E-state index contributed by atoms with van der Waals surface area (Å²) in [5.74, 6) is -1.05. The van der Waals surface area contributed by atoms with Crippen LogP contribution in [0.3, 0.4) is 0 Å². The van der Waals surface area contributed by atoms with Crippen LogP contribution in [0.1, 0.15) is 15.9 Å². The van der Waals surface area contributed by atoms with Crippen molar-refractivity contribution in [2.45, 2.75) is 6.42 Å². The molecule has 0 amide bonds. The van der Waals surface area contributed by atoms with Crippen LogP contribution >= 0.6 is 11.6 Å². The maximum Gasteiger partial charge on any atom is 0.281 e. The molecular formula is C14H9ClFNO3. The minimum Gasteiger partial charge on any atom is -0.294 e. The lowest BCUT2D eigenvalue weighted by Gasteiger charge is -2.04. The van der Waals surface area contributed by atoms with Gasteiger partial charge in [0.1, 0.15) is 5.82 Å². The average molecular weight is 294 g/mol. The van der Waals surface area contributed by atoms with E-state index in [4.69, 9.17) is 11.6 Å². The summed E-state index contributed by atoms with van der Waals surface area (Å²) in [6.45, 7) is 0. The molecule has 0 heterocycles. The topological polar surface area (TPSA) is 60.2 Å². The van der Waals surface area contributed by atoms with Crippen molar-refractivity contribution in [1.29, 1.82) is 0 Å². The summed E-state index contributed by atoms with van der Waals surface area (Å²) >= 11 is 5.68. The highest BCUT2D eigenvalue weighted by atomic mass is 35.5. The van der Waals surface area contributed by atoms with E-state index in [1.54, 1.807) is 6.07 Å². The molecule has 0 aliphatic rings. The van der Waals surface area contributed by atoms with Gasteiger partial charge in [-0.15, -0.1) is 0 Å². The van der Waals surface area contributed by atoms with E-state index in [2.05, 4.69) is 0 Å². The number of Topliss-reactive ketones (excluding diaryl/α,β-unsaturated/α-hetero) is 1. The van der Waals surface area contributed by atoms with Gasteiger partial charge >= 0.3 is 0 Å². The van der Waals surface area contributed by atoms with E-state index in [9.17, 15) is 19.3 Å². The summed E-state index contributed by atoms with van der Waals surface area (Å²) < 4.78 is 13.5. The molecule has 0 aliphatic heterocycles. The minimum atomic E-state index is -0.680. The molecule has 0 N–H and O–H groups in total. The van der Waals surface area contributed by atoms with Gasteiger partial charge in [0.15, 0.2) is 5.78 Å². The van der Waals surface area contributed by atoms with Gasteiger partial charge in [-0.3, -0.25) is 14.9 Å². The molecule has 0 unspecified atom stereocenters. The molecule has 2 rings (SSSR count). The van der Waals surface area contributed by atoms with Crippen LogP contribution in [0.2, 0.25) is 5.02 Å². The number of carbonyl (C=O) groups is 1. The zero-order valence-corrected chi connectivity index (χ0v) is 10.9. The number of hydrogen-bond acceptors (Lipinski definition) is 3. The summed E-state index contributed by atoms with van der Waals surface area (Å²) in [7, 11) is 0. The quantitative estimate of drug-likeness (QED) is 0.489. The molecule has 0 bridgehead atoms. The Labute approximate surface area is 119 Å². The Morgan fingerprint density at radius 2 is 1.95 bits per heavy atom. The first-order chi connectivity index (χ1) is 9.49. The number of benzene rings is 2. The van der Waals surface area contributed by atoms with Gasteiger partial charge in [0.2, 0.25) is 0 Å². The second-order valence-electron chi connectivity index (χ2n) is 4.11. The Bertz CT molecular complexity index is 688. The maximum absolute atomic E-state index is 13.5. The lowest BCUT2D eigenvalue weighted by molar-refractivity contribution is -0.385. The Morgan fingerprint density at radius 1 is 1.25 bits per heavy atom. The largest absolute Gasteiger partial charge is 0.294 e. The third-order valence-electron chi connectivity index (χ3n) is 2.77. The lowest BCUT2D eigenvalue weighted by atomic mass is 10.0. The van der Waals surface area contributed by atoms with Crippen LogP contribution in [0.25, 0.3) is 0 Å². The van der Waals surface area contributed by atoms with Gasteiger partial charge in [-0.1, -0.05) is 29.8 Å². The van der Waals surface area contributed by atoms with Gasteiger partial charge in [-0.2, -0.15) is 0 Å². The Hall–Kier alpha value is -2.27. The summed E-state index contributed by atoms with van der Waals surface area (Å²) in [6.07, 6.45) is -0.241. The number of ketones is 1. The molecule has 0 atom stereocenters. The highest BCUT2D eigenvalue weighted by Gasteiger charge is 2.21. The molecule has 20 heavy (non-hydrogen) atoms. The van der Waals surface area contributed by atoms with Crippen molar-refractivity contribution in [3.8, 4) is 0 Å². The van der Waals surface area contributed by atoms with Crippen LogP contribution < -0.4 is 0 Å². The Kier molecular flexibility index (Phi) is 4.10. The normalized spacial score (nSPS) is 10.3. The average Bonchev–Trinajstić information content (AvgIpc) is 2.41. The SMILES string of the molecule is O=C(Cc1ccccc1F)c1ccc(Cl)cc1[N+](=O)[O-]. The first-order valence-corrected chi connectivity index (χ1v) is 6.07. The molecule has 6 heteroatoms. The van der Waals surface area contributed by atoms with Gasteiger partial charge in [0, 0.05) is 17.5 Å². The fraction of sp³-hybridized carbons (Fsp3) is 0.0714. The smallest absolute Gasteiger partial charge is 0.281 e. The summed E-state index contributed by atoms with van der Waals surface area (Å²) in [5, 5.41) is 11.1. The molecule has 0 spiro atoms. The first kappa shape index (κ1) is 14.1. The van der Waals surface area contributed by atoms with Crippen molar-refractivity contribution in [2.75, 3.05) is 0 Å². The van der Waals surface area contributed by atoms with Crippen LogP contribution in [0.4, 0.5) is 10.1 Å². The highest BCUT2D eigenvalue weighted by molar-refractivity contribution is 6.31. The van der Waals surface area contributed by atoms with Crippen LogP contribution in [-0.4, -0.2) is 10.7 Å². The predicted molar refractivity (Wildman–Crippen MR) is 72.5 cm³/mol. The number of nitro benzene ring substituents is 1. The summed E-state index contributed by atoms with van der Waals surface area (Å²) in [4.78, 5) is 22.3. The van der Waals surface area contributed by atoms with E-state index in [-0.39, 0.29) is 28.3 Å². The monoisotopic (exact) mass is 293 g/mol. The molecule has 0 aromatic heterocycles. The molecular weight excluding hydrogens is 285 g/mol. The van der Waals surface area contributed by atoms with E-state index in [1.807, 2.05) is 0 Å². The van der Waals surface area contributed by atoms with Crippen molar-refractivity contribution in [1.82, 2.24) is 0 Å². The van der Waals surface area contributed by atoms with E-state index < -0.39 is 16.5 Å². The first-order valence-electron chi connectivity index (χ1n) is 5.69. The third-order valence-corrected chi connectivity index (χ3v) is 3.00. The van der Waals surface area contributed by atoms with E-state index >= 15 is 0 Å². The third kappa shape index (κ3) is 3.00. The highest BCUT2D eigenvalue weighted by Crippen LogP contribution is 2.24. The molecule has 0 saturated carbocycles. The molecule has 0 radical (unpaired) electrons. The number of rotatable bonds is 4. The predicted octanol–water partition coefficient (Wildman–Crippen LogP) is 3.81. The molecule has 0 saturated heterocycles. The fourth-order valence-electron chi connectivity index (χ4n) is 1.80. The molecule has 102 valence electrons. The fourth-order valence-corrected chi connectivity index (χ4v) is 1.97. The van der Waals surface area contributed by atoms with Crippen molar-refractivity contribution < 1.29 is 14.1 Å². The number of nitrogens with zero attached hydrogens (tertiary/aromatic N) is 1. The van der Waals surface area contributed by atoms with Crippen LogP contribution in [0, 0.1) is 15.9 Å². The van der Waals surface area contributed by atoms with Gasteiger partial charge in [-0.25, -0.2) is 4.39 Å². The second kappa shape index (κ2) is 5.79. The van der Waals surface area contributed by atoms with Crippen LogP contribution in [-0.2, 0) is 6.42 Å². The van der Waals surface area contributed by atoms with Crippen molar-refractivity contribution in [3.63, 3.8) is 0 Å². The number of hydrogen-bond donors (Lipinski definition) is 0. The zero-order chi connectivity index (χ0) is 14.7. The van der Waals surface area contributed by atoms with Crippen molar-refractivity contribution in [2.24, 2.45) is 0 Å². The summed E-state index contributed by atoms with van der Waals surface area (Å²) in [6, 6.07) is 9.59. The van der Waals surface area contributed by atoms with E-state index in [1.165, 1.54) is 30.3 Å². The number of carbonyl (C=O) groups excluding carboxylic acids is 1. The Balaban J connectivity index is 2.35. The second-order valence-corrected chi connectivity index (χ2v) is 4.55. The van der Waals surface area contributed by atoms with Crippen LogP contribution in [0.5, 0.6) is 0 Å². The Morgan fingerprint density at radius 3 is 2.60 bits per heavy atom. The van der Waals surface area contributed by atoms with Gasteiger partial charge in [-0.05, 0) is 23.8 Å². The molecule has 2 aromatic carbocycles. The zero-order valence-electron chi connectivity index (χ0n) is 10.2. The molecule has 0 aliphatic carbocycles. The number of halogens is 2. The van der Waals surface area contributed by atoms with Gasteiger partial charge < -0.3 is 0 Å². The van der Waals surface area contributed by atoms with Gasteiger partial charge in [0.05, 0.1) is 10.5 Å². The molecule has 2 aromatic rings.